The van der Waals surface area contributed by atoms with E-state index in [1.165, 1.54) is 38.4 Å². The van der Waals surface area contributed by atoms with E-state index in [-0.39, 0.29) is 22.6 Å². The average molecular weight is 432 g/mol. The maximum absolute atomic E-state index is 12.5. The highest BCUT2D eigenvalue weighted by Crippen LogP contribution is 2.22. The van der Waals surface area contributed by atoms with E-state index in [1.807, 2.05) is 4.90 Å². The van der Waals surface area contributed by atoms with Crippen molar-refractivity contribution in [2.24, 2.45) is 11.7 Å². The largest absolute Gasteiger partial charge is 0.369 e. The number of aromatic nitrogens is 1. The van der Waals surface area contributed by atoms with E-state index in [2.05, 4.69) is 10.3 Å². The fourth-order valence-electron chi connectivity index (χ4n) is 3.26. The second-order valence-corrected chi connectivity index (χ2v) is 9.51. The molecule has 3 N–H and O–H groups in total. The summed E-state index contributed by atoms with van der Waals surface area (Å²) in [5.74, 6) is -0.130. The van der Waals surface area contributed by atoms with E-state index in [0.29, 0.717) is 17.8 Å². The van der Waals surface area contributed by atoms with Crippen molar-refractivity contribution in [2.75, 3.05) is 37.4 Å². The molecular formula is C20H25N5O4S. The van der Waals surface area contributed by atoms with Gasteiger partial charge in [-0.2, -0.15) is 0 Å². The number of rotatable bonds is 6. The van der Waals surface area contributed by atoms with E-state index in [4.69, 9.17) is 5.73 Å². The van der Waals surface area contributed by atoms with Crippen molar-refractivity contribution < 1.29 is 18.0 Å². The van der Waals surface area contributed by atoms with Crippen LogP contribution in [0.2, 0.25) is 0 Å². The zero-order chi connectivity index (χ0) is 21.9. The highest BCUT2D eigenvalue weighted by atomic mass is 32.2. The Balaban J connectivity index is 1.65. The van der Waals surface area contributed by atoms with Crippen LogP contribution in [0.3, 0.4) is 0 Å². The van der Waals surface area contributed by atoms with Crippen LogP contribution in [-0.4, -0.2) is 56.7 Å². The van der Waals surface area contributed by atoms with Crippen LogP contribution in [0.4, 0.5) is 11.5 Å². The molecular weight excluding hydrogens is 406 g/mol. The van der Waals surface area contributed by atoms with Gasteiger partial charge >= 0.3 is 0 Å². The zero-order valence-corrected chi connectivity index (χ0v) is 17.7. The fourth-order valence-corrected chi connectivity index (χ4v) is 4.16. The van der Waals surface area contributed by atoms with Gasteiger partial charge in [0.25, 0.3) is 5.91 Å². The van der Waals surface area contributed by atoms with Crippen molar-refractivity contribution in [1.82, 2.24) is 9.29 Å². The smallest absolute Gasteiger partial charge is 0.255 e. The Morgan fingerprint density at radius 1 is 1.17 bits per heavy atom. The Labute approximate surface area is 175 Å². The van der Waals surface area contributed by atoms with Crippen molar-refractivity contribution >= 4 is 33.3 Å². The van der Waals surface area contributed by atoms with Gasteiger partial charge in [0.05, 0.1) is 22.7 Å². The number of nitrogens with zero attached hydrogens (tertiary/aromatic N) is 3. The predicted octanol–water partition coefficient (Wildman–Crippen LogP) is 1.29. The molecule has 1 fully saturated rings. The number of nitrogens with two attached hydrogens (primary N) is 1. The molecule has 2 amide bonds. The van der Waals surface area contributed by atoms with Crippen LogP contribution in [0.5, 0.6) is 0 Å². The fraction of sp³-hybridized carbons (Fsp3) is 0.350. The van der Waals surface area contributed by atoms with Gasteiger partial charge in [0.2, 0.25) is 15.9 Å². The lowest BCUT2D eigenvalue weighted by Gasteiger charge is -2.32. The molecule has 3 rings (SSSR count). The van der Waals surface area contributed by atoms with Crippen molar-refractivity contribution in [1.29, 1.82) is 0 Å². The third-order valence-corrected chi connectivity index (χ3v) is 6.88. The first-order valence-electron chi connectivity index (χ1n) is 9.53. The predicted molar refractivity (Wildman–Crippen MR) is 114 cm³/mol. The van der Waals surface area contributed by atoms with Gasteiger partial charge in [-0.3, -0.25) is 9.59 Å². The monoisotopic (exact) mass is 431 g/mol. The molecule has 0 spiro atoms. The van der Waals surface area contributed by atoms with E-state index >= 15 is 0 Å². The summed E-state index contributed by atoms with van der Waals surface area (Å²) in [5.41, 5.74) is 6.26. The Kier molecular flexibility index (Phi) is 6.37. The van der Waals surface area contributed by atoms with Crippen LogP contribution >= 0.6 is 0 Å². The van der Waals surface area contributed by atoms with E-state index in [1.54, 1.807) is 18.3 Å². The van der Waals surface area contributed by atoms with Crippen LogP contribution in [0.25, 0.3) is 0 Å². The molecule has 0 bridgehead atoms. The summed E-state index contributed by atoms with van der Waals surface area (Å²) in [7, 11) is -0.647. The summed E-state index contributed by atoms with van der Waals surface area (Å²) in [4.78, 5) is 30.4. The van der Waals surface area contributed by atoms with Crippen molar-refractivity contribution in [2.45, 2.75) is 17.7 Å². The summed E-state index contributed by atoms with van der Waals surface area (Å²) in [5, 5.41) is 2.74. The molecule has 10 heteroatoms. The molecule has 1 aliphatic rings. The van der Waals surface area contributed by atoms with Crippen LogP contribution < -0.4 is 16.0 Å². The molecule has 9 nitrogen and oxygen atoms in total. The molecule has 1 aliphatic heterocycles. The maximum Gasteiger partial charge on any atom is 0.255 e. The summed E-state index contributed by atoms with van der Waals surface area (Å²) in [6.07, 6.45) is 3.20. The number of hydrogen-bond acceptors (Lipinski definition) is 6. The number of amides is 2. The minimum Gasteiger partial charge on any atom is -0.369 e. The molecule has 2 aromatic rings. The molecule has 1 atom stereocenters. The SMILES string of the molecule is CN(C)S(=O)(=O)c1ccc(C(=O)Nc2ccc(N3CCCC(C(N)=O)C3)nc2)cc1. The van der Waals surface area contributed by atoms with Gasteiger partial charge in [-0.1, -0.05) is 0 Å². The van der Waals surface area contributed by atoms with Crippen molar-refractivity contribution in [3.8, 4) is 0 Å². The van der Waals surface area contributed by atoms with Crippen molar-refractivity contribution in [3.05, 3.63) is 48.2 Å². The topological polar surface area (TPSA) is 126 Å². The minimum absolute atomic E-state index is 0.117. The highest BCUT2D eigenvalue weighted by Gasteiger charge is 2.24. The first-order chi connectivity index (χ1) is 14.2. The highest BCUT2D eigenvalue weighted by molar-refractivity contribution is 7.89. The Morgan fingerprint density at radius 3 is 2.43 bits per heavy atom. The molecule has 0 radical (unpaired) electrons. The number of anilines is 2. The lowest BCUT2D eigenvalue weighted by Crippen LogP contribution is -2.41. The number of hydrogen-bond donors (Lipinski definition) is 2. The van der Waals surface area contributed by atoms with Gasteiger partial charge in [-0.15, -0.1) is 0 Å². The molecule has 2 heterocycles. The van der Waals surface area contributed by atoms with E-state index in [0.717, 1.165) is 29.5 Å². The van der Waals surface area contributed by atoms with Crippen molar-refractivity contribution in [3.63, 3.8) is 0 Å². The number of pyridine rings is 1. The Morgan fingerprint density at radius 2 is 1.87 bits per heavy atom. The number of benzene rings is 1. The Hall–Kier alpha value is -2.98. The number of nitrogens with one attached hydrogen (secondary N) is 1. The first kappa shape index (κ1) is 21.7. The summed E-state index contributed by atoms with van der Waals surface area (Å²) in [6.45, 7) is 1.33. The van der Waals surface area contributed by atoms with E-state index in [9.17, 15) is 18.0 Å². The van der Waals surface area contributed by atoms with Gasteiger partial charge in [0.1, 0.15) is 5.82 Å². The maximum atomic E-state index is 12.5. The first-order valence-corrected chi connectivity index (χ1v) is 11.0. The van der Waals surface area contributed by atoms with Gasteiger partial charge in [-0.05, 0) is 49.2 Å². The second-order valence-electron chi connectivity index (χ2n) is 7.36. The number of primary amides is 1. The molecule has 160 valence electrons. The molecule has 1 aromatic heterocycles. The number of carbonyl (C=O) groups is 2. The average Bonchev–Trinajstić information content (AvgIpc) is 2.74. The third kappa shape index (κ3) is 4.77. The van der Waals surface area contributed by atoms with Crippen LogP contribution in [0.15, 0.2) is 47.5 Å². The molecule has 1 unspecified atom stereocenters. The molecule has 1 aromatic carbocycles. The third-order valence-electron chi connectivity index (χ3n) is 5.05. The lowest BCUT2D eigenvalue weighted by atomic mass is 9.97. The van der Waals surface area contributed by atoms with Gasteiger partial charge < -0.3 is 16.0 Å². The van der Waals surface area contributed by atoms with Gasteiger partial charge in [0, 0.05) is 32.7 Å². The quantitative estimate of drug-likeness (QED) is 0.710. The van der Waals surface area contributed by atoms with Crippen LogP contribution in [0.1, 0.15) is 23.2 Å². The zero-order valence-electron chi connectivity index (χ0n) is 16.9. The summed E-state index contributed by atoms with van der Waals surface area (Å²) >= 11 is 0. The van der Waals surface area contributed by atoms with E-state index < -0.39 is 10.0 Å². The number of carbonyl (C=O) groups excluding carboxylic acids is 2. The minimum atomic E-state index is -3.55. The van der Waals surface area contributed by atoms with Gasteiger partial charge in [0.15, 0.2) is 0 Å². The molecule has 1 saturated heterocycles. The molecule has 30 heavy (non-hydrogen) atoms. The molecule has 0 saturated carbocycles. The lowest BCUT2D eigenvalue weighted by molar-refractivity contribution is -0.122. The Bertz CT molecular complexity index is 1020. The molecule has 0 aliphatic carbocycles. The van der Waals surface area contributed by atoms with Crippen LogP contribution in [-0.2, 0) is 14.8 Å². The van der Waals surface area contributed by atoms with Crippen LogP contribution in [0, 0.1) is 5.92 Å². The second kappa shape index (κ2) is 8.80. The standard InChI is InChI=1S/C20H25N5O4S/c1-24(2)30(28,29)17-8-5-14(6-9-17)20(27)23-16-7-10-18(22-12-16)25-11-3-4-15(13-25)19(21)26/h5-10,12,15H,3-4,11,13H2,1-2H3,(H2,21,26)(H,23,27). The normalized spacial score (nSPS) is 17.0. The van der Waals surface area contributed by atoms with Gasteiger partial charge in [-0.25, -0.2) is 17.7 Å². The number of piperidine rings is 1. The summed E-state index contributed by atoms with van der Waals surface area (Å²) in [6, 6.07) is 9.25. The summed E-state index contributed by atoms with van der Waals surface area (Å²) < 4.78 is 25.3. The number of sulfonamides is 1.